The normalized spacial score (nSPS) is 14.1. The Morgan fingerprint density at radius 2 is 1.84 bits per heavy atom. The van der Waals surface area contributed by atoms with E-state index < -0.39 is 24.0 Å². The Balaban J connectivity index is 2.83. The lowest BCUT2D eigenvalue weighted by molar-refractivity contribution is -0.270. The van der Waals surface area contributed by atoms with Crippen LogP contribution in [-0.2, 0) is 4.79 Å². The largest absolute Gasteiger partial charge is 0.463 e. The highest BCUT2D eigenvalue weighted by Gasteiger charge is 2.63. The molecule has 0 fully saturated rings. The molecule has 0 aliphatic carbocycles. The molecule has 0 saturated heterocycles. The Labute approximate surface area is 114 Å². The third-order valence-electron chi connectivity index (χ3n) is 2.34. The van der Waals surface area contributed by atoms with Gasteiger partial charge in [0.25, 0.3) is 0 Å². The summed E-state index contributed by atoms with van der Waals surface area (Å²) in [4.78, 5) is 11.0. The molecule has 0 radical (unpaired) electrons. The third kappa shape index (κ3) is 3.65. The number of nitrogens with one attached hydrogen (secondary N) is 1. The van der Waals surface area contributed by atoms with Crippen LogP contribution in [0.5, 0.6) is 0 Å². The second-order valence-corrected chi connectivity index (χ2v) is 4.74. The minimum atomic E-state index is -5.91. The van der Waals surface area contributed by atoms with E-state index in [1.54, 1.807) is 17.4 Å². The van der Waals surface area contributed by atoms with Gasteiger partial charge in [0.2, 0.25) is 0 Å². The van der Waals surface area contributed by atoms with Crippen molar-refractivity contribution in [1.29, 1.82) is 0 Å². The van der Waals surface area contributed by atoms with E-state index in [1.807, 2.05) is 0 Å². The standard InChI is InChI=1S/C11H9BrF5NO/c1-6(7-3-2-4-8(12)5-7)18-9(19)10(13,14)11(15,16)17/h2-6H,1H3,(H,18,19). The monoisotopic (exact) mass is 345 g/mol. The fourth-order valence-corrected chi connectivity index (χ4v) is 1.69. The summed E-state index contributed by atoms with van der Waals surface area (Å²) in [5.74, 6) is -7.78. The number of amides is 1. The van der Waals surface area contributed by atoms with Crippen molar-refractivity contribution in [3.05, 3.63) is 34.3 Å². The van der Waals surface area contributed by atoms with Crippen molar-refractivity contribution in [2.75, 3.05) is 0 Å². The van der Waals surface area contributed by atoms with Gasteiger partial charge in [0, 0.05) is 4.47 Å². The molecule has 1 aromatic rings. The molecule has 2 nitrogen and oxygen atoms in total. The molecule has 0 saturated carbocycles. The summed E-state index contributed by atoms with van der Waals surface area (Å²) in [6.45, 7) is 1.31. The maximum atomic E-state index is 12.7. The fraction of sp³-hybridized carbons (Fsp3) is 0.364. The van der Waals surface area contributed by atoms with Crippen LogP contribution in [0.15, 0.2) is 28.7 Å². The van der Waals surface area contributed by atoms with Crippen molar-refractivity contribution < 1.29 is 26.7 Å². The quantitative estimate of drug-likeness (QED) is 0.829. The first-order valence-corrected chi connectivity index (χ1v) is 5.86. The lowest BCUT2D eigenvalue weighted by atomic mass is 10.1. The highest BCUT2D eigenvalue weighted by Crippen LogP contribution is 2.36. The van der Waals surface area contributed by atoms with E-state index in [0.717, 1.165) is 0 Å². The maximum Gasteiger partial charge on any atom is 0.463 e. The smallest absolute Gasteiger partial charge is 0.344 e. The molecule has 1 aromatic carbocycles. The predicted octanol–water partition coefficient (Wildman–Crippen LogP) is 3.82. The van der Waals surface area contributed by atoms with E-state index in [4.69, 9.17) is 0 Å². The number of hydrogen-bond acceptors (Lipinski definition) is 1. The molecule has 0 heterocycles. The van der Waals surface area contributed by atoms with Gasteiger partial charge < -0.3 is 5.32 Å². The van der Waals surface area contributed by atoms with Gasteiger partial charge in [0.05, 0.1) is 6.04 Å². The van der Waals surface area contributed by atoms with Crippen molar-refractivity contribution in [2.45, 2.75) is 25.1 Å². The molecule has 0 aromatic heterocycles. The topological polar surface area (TPSA) is 29.1 Å². The first-order valence-electron chi connectivity index (χ1n) is 5.06. The highest BCUT2D eigenvalue weighted by atomic mass is 79.9. The van der Waals surface area contributed by atoms with Crippen LogP contribution >= 0.6 is 15.9 Å². The van der Waals surface area contributed by atoms with E-state index in [1.165, 1.54) is 19.1 Å². The number of alkyl halides is 5. The average Bonchev–Trinajstić information content (AvgIpc) is 2.27. The fourth-order valence-electron chi connectivity index (χ4n) is 1.28. The van der Waals surface area contributed by atoms with E-state index in [0.29, 0.717) is 10.0 Å². The predicted molar refractivity (Wildman–Crippen MR) is 61.7 cm³/mol. The van der Waals surface area contributed by atoms with Crippen LogP contribution in [0.2, 0.25) is 0 Å². The third-order valence-corrected chi connectivity index (χ3v) is 2.83. The van der Waals surface area contributed by atoms with E-state index in [-0.39, 0.29) is 0 Å². The zero-order chi connectivity index (χ0) is 14.8. The van der Waals surface area contributed by atoms with Gasteiger partial charge in [0.15, 0.2) is 0 Å². The molecule has 1 N–H and O–H groups in total. The molecule has 1 rings (SSSR count). The molecule has 1 atom stereocenters. The lowest BCUT2D eigenvalue weighted by Gasteiger charge is -2.21. The van der Waals surface area contributed by atoms with Crippen LogP contribution in [0, 0.1) is 0 Å². The van der Waals surface area contributed by atoms with E-state index in [2.05, 4.69) is 15.9 Å². The Hall–Kier alpha value is -1.18. The minimum absolute atomic E-state index is 0.403. The molecule has 0 bridgehead atoms. The van der Waals surface area contributed by atoms with Crippen molar-refractivity contribution in [3.63, 3.8) is 0 Å². The molecule has 0 spiro atoms. The van der Waals surface area contributed by atoms with Crippen molar-refractivity contribution in [1.82, 2.24) is 5.32 Å². The summed E-state index contributed by atoms with van der Waals surface area (Å²) in [6.07, 6.45) is -5.91. The number of benzene rings is 1. The van der Waals surface area contributed by atoms with Crippen LogP contribution in [0.3, 0.4) is 0 Å². The maximum absolute atomic E-state index is 12.7. The summed E-state index contributed by atoms with van der Waals surface area (Å²) in [5, 5.41) is 1.64. The van der Waals surface area contributed by atoms with E-state index >= 15 is 0 Å². The molecule has 0 aliphatic heterocycles. The molecule has 1 unspecified atom stereocenters. The Morgan fingerprint density at radius 3 is 2.32 bits per heavy atom. The first kappa shape index (κ1) is 15.9. The second-order valence-electron chi connectivity index (χ2n) is 3.82. The van der Waals surface area contributed by atoms with Gasteiger partial charge in [-0.1, -0.05) is 28.1 Å². The van der Waals surface area contributed by atoms with Crippen molar-refractivity contribution in [2.24, 2.45) is 0 Å². The molecule has 1 amide bonds. The van der Waals surface area contributed by atoms with Gasteiger partial charge in [-0.05, 0) is 24.6 Å². The molecular formula is C11H9BrF5NO. The molecule has 106 valence electrons. The number of carbonyl (C=O) groups excluding carboxylic acids is 1. The van der Waals surface area contributed by atoms with Crippen LogP contribution in [0.4, 0.5) is 22.0 Å². The minimum Gasteiger partial charge on any atom is -0.344 e. The van der Waals surface area contributed by atoms with Crippen LogP contribution < -0.4 is 5.32 Å². The van der Waals surface area contributed by atoms with Crippen LogP contribution in [-0.4, -0.2) is 18.0 Å². The van der Waals surface area contributed by atoms with Crippen molar-refractivity contribution >= 4 is 21.8 Å². The van der Waals surface area contributed by atoms with E-state index in [9.17, 15) is 26.7 Å². The summed E-state index contributed by atoms with van der Waals surface area (Å²) in [6, 6.07) is 5.27. The van der Waals surface area contributed by atoms with Gasteiger partial charge in [-0.25, -0.2) is 0 Å². The van der Waals surface area contributed by atoms with Gasteiger partial charge in [-0.3, -0.25) is 4.79 Å². The zero-order valence-electron chi connectivity index (χ0n) is 9.56. The van der Waals surface area contributed by atoms with Gasteiger partial charge in [0.1, 0.15) is 0 Å². The second kappa shape index (κ2) is 5.44. The molecule has 0 aliphatic rings. The summed E-state index contributed by atoms with van der Waals surface area (Å²) >= 11 is 3.13. The van der Waals surface area contributed by atoms with Crippen molar-refractivity contribution in [3.8, 4) is 0 Å². The van der Waals surface area contributed by atoms with Gasteiger partial charge in [-0.2, -0.15) is 22.0 Å². The number of halogens is 6. The number of carbonyl (C=O) groups is 1. The highest BCUT2D eigenvalue weighted by molar-refractivity contribution is 9.10. The Bertz CT molecular complexity index is 474. The molecular weight excluding hydrogens is 337 g/mol. The number of rotatable bonds is 3. The Kier molecular flexibility index (Phi) is 4.54. The van der Waals surface area contributed by atoms with Gasteiger partial charge >= 0.3 is 18.0 Å². The molecule has 8 heteroatoms. The van der Waals surface area contributed by atoms with Crippen LogP contribution in [0.1, 0.15) is 18.5 Å². The van der Waals surface area contributed by atoms with Crippen LogP contribution in [0.25, 0.3) is 0 Å². The SMILES string of the molecule is CC(NC(=O)C(F)(F)C(F)(F)F)c1cccc(Br)c1. The zero-order valence-corrected chi connectivity index (χ0v) is 11.1. The first-order chi connectivity index (χ1) is 8.55. The average molecular weight is 346 g/mol. The lowest BCUT2D eigenvalue weighted by Crippen LogP contribution is -2.50. The summed E-state index contributed by atoms with van der Waals surface area (Å²) in [7, 11) is 0. The summed E-state index contributed by atoms with van der Waals surface area (Å²) < 4.78 is 62.0. The van der Waals surface area contributed by atoms with Gasteiger partial charge in [-0.15, -0.1) is 0 Å². The summed E-state index contributed by atoms with van der Waals surface area (Å²) in [5.41, 5.74) is 0.403. The number of hydrogen-bond donors (Lipinski definition) is 1. The molecule has 19 heavy (non-hydrogen) atoms. The Morgan fingerprint density at radius 1 is 1.26 bits per heavy atom.